The second kappa shape index (κ2) is 15.8. The van der Waals surface area contributed by atoms with Gasteiger partial charge in [0.25, 0.3) is 0 Å². The zero-order chi connectivity index (χ0) is 23.1. The number of aliphatic hydroxyl groups is 2. The van der Waals surface area contributed by atoms with Crippen molar-refractivity contribution in [1.82, 2.24) is 0 Å². The van der Waals surface area contributed by atoms with Gasteiger partial charge in [-0.15, -0.1) is 0 Å². The van der Waals surface area contributed by atoms with Gasteiger partial charge in [0.1, 0.15) is 17.8 Å². The summed E-state index contributed by atoms with van der Waals surface area (Å²) in [5.74, 6) is -0.311. The van der Waals surface area contributed by atoms with Crippen LogP contribution in [-0.2, 0) is 19.0 Å². The van der Waals surface area contributed by atoms with Crippen LogP contribution in [0.3, 0.4) is 0 Å². The molecule has 0 aromatic carbocycles. The van der Waals surface area contributed by atoms with E-state index in [9.17, 15) is 15.0 Å². The Morgan fingerprint density at radius 2 is 1.59 bits per heavy atom. The number of hydrogen-bond acceptors (Lipinski definition) is 6. The van der Waals surface area contributed by atoms with Crippen molar-refractivity contribution < 1.29 is 29.2 Å². The predicted molar refractivity (Wildman–Crippen MR) is 125 cm³/mol. The van der Waals surface area contributed by atoms with E-state index < -0.39 is 23.9 Å². The molecule has 2 aliphatic rings. The fraction of sp³-hybridized carbons (Fsp3) is 0.885. The van der Waals surface area contributed by atoms with Gasteiger partial charge < -0.3 is 24.4 Å². The fourth-order valence-electron chi connectivity index (χ4n) is 4.54. The topological polar surface area (TPSA) is 85.2 Å². The average molecular weight is 455 g/mol. The molecule has 6 nitrogen and oxygen atoms in total. The molecule has 0 aromatic heterocycles. The molecule has 0 amide bonds. The number of unbranched alkanes of at least 4 members (excludes halogenated alkanes) is 11. The fourth-order valence-corrected chi connectivity index (χ4v) is 4.54. The van der Waals surface area contributed by atoms with Crippen molar-refractivity contribution in [1.29, 1.82) is 0 Å². The summed E-state index contributed by atoms with van der Waals surface area (Å²) in [6, 6.07) is 0. The van der Waals surface area contributed by atoms with Gasteiger partial charge >= 0.3 is 5.97 Å². The summed E-state index contributed by atoms with van der Waals surface area (Å²) in [6.45, 7) is 2.70. The van der Waals surface area contributed by atoms with Crippen molar-refractivity contribution in [3.63, 3.8) is 0 Å². The van der Waals surface area contributed by atoms with Crippen LogP contribution < -0.4 is 0 Å². The molecule has 186 valence electrons. The molecular weight excluding hydrogens is 408 g/mol. The smallest absolute Gasteiger partial charge is 0.306 e. The molecule has 2 rings (SSSR count). The van der Waals surface area contributed by atoms with Crippen molar-refractivity contribution in [2.75, 3.05) is 19.8 Å². The van der Waals surface area contributed by atoms with Gasteiger partial charge in [-0.25, -0.2) is 0 Å². The van der Waals surface area contributed by atoms with Crippen LogP contribution in [0.1, 0.15) is 103 Å². The first kappa shape index (κ1) is 27.3. The van der Waals surface area contributed by atoms with Crippen molar-refractivity contribution in [3.8, 4) is 0 Å². The van der Waals surface area contributed by atoms with Crippen LogP contribution in [0.4, 0.5) is 0 Å². The van der Waals surface area contributed by atoms with Crippen molar-refractivity contribution in [2.45, 2.75) is 127 Å². The molecule has 0 spiro atoms. The van der Waals surface area contributed by atoms with E-state index >= 15 is 0 Å². The Hall–Kier alpha value is -0.950. The Bertz CT molecular complexity index is 525. The summed E-state index contributed by atoms with van der Waals surface area (Å²) in [5, 5.41) is 19.8. The molecule has 32 heavy (non-hydrogen) atoms. The largest absolute Gasteiger partial charge is 0.457 e. The monoisotopic (exact) mass is 454 g/mol. The molecule has 2 heterocycles. The summed E-state index contributed by atoms with van der Waals surface area (Å²) in [4.78, 5) is 12.2. The molecule has 0 radical (unpaired) electrons. The molecular formula is C26H46O6. The van der Waals surface area contributed by atoms with E-state index in [-0.39, 0.29) is 19.2 Å². The minimum absolute atomic E-state index is 0.0983. The number of hydrogen-bond donors (Lipinski definition) is 2. The Labute approximate surface area is 194 Å². The highest BCUT2D eigenvalue weighted by atomic mass is 16.6. The van der Waals surface area contributed by atoms with E-state index in [1.54, 1.807) is 0 Å². The van der Waals surface area contributed by atoms with Crippen LogP contribution in [0, 0.1) is 0 Å². The highest BCUT2D eigenvalue weighted by Crippen LogP contribution is 2.38. The maximum Gasteiger partial charge on any atom is 0.306 e. The van der Waals surface area contributed by atoms with Crippen molar-refractivity contribution in [2.24, 2.45) is 0 Å². The van der Waals surface area contributed by atoms with Crippen LogP contribution in [0.2, 0.25) is 0 Å². The summed E-state index contributed by atoms with van der Waals surface area (Å²) in [7, 11) is 0. The van der Waals surface area contributed by atoms with E-state index in [4.69, 9.17) is 14.2 Å². The molecule has 0 bridgehead atoms. The van der Waals surface area contributed by atoms with E-state index in [0.29, 0.717) is 19.4 Å². The normalized spacial score (nSPS) is 27.7. The lowest BCUT2D eigenvalue weighted by Gasteiger charge is -2.45. The number of ether oxygens (including phenoxy) is 3. The van der Waals surface area contributed by atoms with Crippen LogP contribution in [0.25, 0.3) is 0 Å². The first-order valence-corrected chi connectivity index (χ1v) is 13.0. The molecule has 2 saturated heterocycles. The standard InChI is InChI=1S/C26H46O6/c1-2-3-4-5-6-7-8-9-10-11-12-13-14-15-16-17-23(29)32-24-22(28)20-30-25(24)26(21-27)18-19-31-26/h9-10,22,24-25,27-28H,2-8,11-21H2,1H3/t22-,24+,25-,26+/m0/s1. The van der Waals surface area contributed by atoms with E-state index in [1.165, 1.54) is 57.8 Å². The number of allylic oxidation sites excluding steroid dienone is 2. The van der Waals surface area contributed by atoms with Crippen molar-refractivity contribution >= 4 is 5.97 Å². The second-order valence-corrected chi connectivity index (χ2v) is 9.43. The number of esters is 1. The lowest BCUT2D eigenvalue weighted by atomic mass is 9.85. The van der Waals surface area contributed by atoms with E-state index in [0.717, 1.165) is 25.7 Å². The minimum atomic E-state index is -0.870. The van der Waals surface area contributed by atoms with Gasteiger partial charge in [-0.05, 0) is 32.1 Å². The molecule has 0 unspecified atom stereocenters. The molecule has 4 atom stereocenters. The third-order valence-corrected chi connectivity index (χ3v) is 6.74. The van der Waals surface area contributed by atoms with Gasteiger partial charge in [-0.2, -0.15) is 0 Å². The molecule has 2 aliphatic heterocycles. The SMILES string of the molecule is CCCCCCCCC=CCCCCCCCC(=O)O[C@@H]1[C@@H](O)CO[C@@H]1[C@]1(CO)CCO1. The summed E-state index contributed by atoms with van der Waals surface area (Å²) < 4.78 is 16.6. The molecule has 0 saturated carbocycles. The third-order valence-electron chi connectivity index (χ3n) is 6.74. The maximum absolute atomic E-state index is 12.2. The zero-order valence-electron chi connectivity index (χ0n) is 20.1. The summed E-state index contributed by atoms with van der Waals surface area (Å²) in [5.41, 5.74) is -0.842. The van der Waals surface area contributed by atoms with Crippen LogP contribution in [0.15, 0.2) is 12.2 Å². The van der Waals surface area contributed by atoms with Gasteiger partial charge in [-0.3, -0.25) is 4.79 Å². The summed E-state index contributed by atoms with van der Waals surface area (Å²) >= 11 is 0. The molecule has 0 aromatic rings. The number of rotatable bonds is 18. The Morgan fingerprint density at radius 3 is 2.16 bits per heavy atom. The Morgan fingerprint density at radius 1 is 1.00 bits per heavy atom. The lowest BCUT2D eigenvalue weighted by Crippen LogP contribution is -2.60. The highest BCUT2D eigenvalue weighted by molar-refractivity contribution is 5.69. The van der Waals surface area contributed by atoms with E-state index in [2.05, 4.69) is 19.1 Å². The van der Waals surface area contributed by atoms with Gasteiger partial charge in [0, 0.05) is 12.8 Å². The summed E-state index contributed by atoms with van der Waals surface area (Å²) in [6.07, 6.45) is 19.2. The molecule has 6 heteroatoms. The number of carbonyl (C=O) groups is 1. The van der Waals surface area contributed by atoms with Gasteiger partial charge in [0.2, 0.25) is 0 Å². The Kier molecular flexibility index (Phi) is 13.5. The van der Waals surface area contributed by atoms with Crippen LogP contribution >= 0.6 is 0 Å². The van der Waals surface area contributed by atoms with E-state index in [1.807, 2.05) is 0 Å². The molecule has 2 N–H and O–H groups in total. The van der Waals surface area contributed by atoms with Crippen LogP contribution in [0.5, 0.6) is 0 Å². The van der Waals surface area contributed by atoms with Gasteiger partial charge in [0.05, 0.1) is 19.8 Å². The quantitative estimate of drug-likeness (QED) is 0.175. The maximum atomic E-state index is 12.2. The first-order valence-electron chi connectivity index (χ1n) is 13.0. The lowest BCUT2D eigenvalue weighted by molar-refractivity contribution is -0.241. The van der Waals surface area contributed by atoms with Gasteiger partial charge in [0.15, 0.2) is 6.10 Å². The third kappa shape index (κ3) is 9.12. The predicted octanol–water partition coefficient (Wildman–Crippen LogP) is 4.85. The first-order chi connectivity index (χ1) is 15.6. The number of aliphatic hydroxyl groups excluding tert-OH is 2. The van der Waals surface area contributed by atoms with Crippen molar-refractivity contribution in [3.05, 3.63) is 12.2 Å². The number of carbonyl (C=O) groups excluding carboxylic acids is 1. The second-order valence-electron chi connectivity index (χ2n) is 9.43. The molecule has 0 aliphatic carbocycles. The zero-order valence-corrected chi connectivity index (χ0v) is 20.1. The highest BCUT2D eigenvalue weighted by Gasteiger charge is 2.55. The molecule has 2 fully saturated rings. The Balaban J connectivity index is 1.45. The van der Waals surface area contributed by atoms with Gasteiger partial charge in [-0.1, -0.05) is 70.4 Å². The minimum Gasteiger partial charge on any atom is -0.457 e. The van der Waals surface area contributed by atoms with Crippen LogP contribution in [-0.4, -0.2) is 59.9 Å². The average Bonchev–Trinajstić information content (AvgIpc) is 3.11.